The number of rotatable bonds is 4. The fraction of sp³-hybridized carbons (Fsp3) is 0.526. The molecule has 114 valence electrons. The van der Waals surface area contributed by atoms with Gasteiger partial charge in [-0.1, -0.05) is 26.3 Å². The Morgan fingerprint density at radius 1 is 1.14 bits per heavy atom. The standard InChI is InChI=1S/C19H28N2/c1-7-9-17(20-19(3,4)5)14-10-11-18-15(12-14)13-16(8-2)21(18)6/h10-13H,7-9H2,1-6H3. The summed E-state index contributed by atoms with van der Waals surface area (Å²) in [6.07, 6.45) is 3.23. The molecule has 1 heterocycles. The molecule has 0 radical (unpaired) electrons. The van der Waals surface area contributed by atoms with Crippen LogP contribution in [-0.2, 0) is 13.5 Å². The van der Waals surface area contributed by atoms with Crippen molar-refractivity contribution < 1.29 is 0 Å². The number of hydrogen-bond acceptors (Lipinski definition) is 1. The Balaban J connectivity index is 2.52. The van der Waals surface area contributed by atoms with Gasteiger partial charge in [0.05, 0.1) is 5.54 Å². The predicted molar refractivity (Wildman–Crippen MR) is 93.5 cm³/mol. The summed E-state index contributed by atoms with van der Waals surface area (Å²) >= 11 is 0. The topological polar surface area (TPSA) is 17.3 Å². The van der Waals surface area contributed by atoms with Crippen molar-refractivity contribution >= 4 is 16.6 Å². The van der Waals surface area contributed by atoms with E-state index in [4.69, 9.17) is 4.99 Å². The van der Waals surface area contributed by atoms with Crippen molar-refractivity contribution in [2.24, 2.45) is 12.0 Å². The Hall–Kier alpha value is -1.57. The Morgan fingerprint density at radius 2 is 1.86 bits per heavy atom. The van der Waals surface area contributed by atoms with E-state index >= 15 is 0 Å². The van der Waals surface area contributed by atoms with E-state index in [-0.39, 0.29) is 5.54 Å². The molecule has 0 aliphatic rings. The van der Waals surface area contributed by atoms with Gasteiger partial charge in [0.25, 0.3) is 0 Å². The SMILES string of the molecule is CCCC(=NC(C)(C)C)c1ccc2c(c1)cc(CC)n2C. The molecule has 2 rings (SSSR count). The van der Waals surface area contributed by atoms with Gasteiger partial charge in [-0.05, 0) is 57.4 Å². The van der Waals surface area contributed by atoms with E-state index in [1.165, 1.54) is 27.9 Å². The molecular formula is C19H28N2. The lowest BCUT2D eigenvalue weighted by molar-refractivity contribution is 0.581. The first-order valence-corrected chi connectivity index (χ1v) is 8.03. The molecule has 0 saturated carbocycles. The second-order valence-electron chi connectivity index (χ2n) is 6.80. The lowest BCUT2D eigenvalue weighted by atomic mass is 10.0. The molecule has 2 heteroatoms. The highest BCUT2D eigenvalue weighted by molar-refractivity contribution is 6.03. The molecule has 21 heavy (non-hydrogen) atoms. The Kier molecular flexibility index (Phi) is 4.55. The zero-order valence-electron chi connectivity index (χ0n) is 14.3. The maximum absolute atomic E-state index is 4.93. The van der Waals surface area contributed by atoms with E-state index in [0.717, 1.165) is 19.3 Å². The molecule has 0 saturated heterocycles. The van der Waals surface area contributed by atoms with Gasteiger partial charge in [0, 0.05) is 29.4 Å². The van der Waals surface area contributed by atoms with Crippen molar-refractivity contribution in [3.8, 4) is 0 Å². The van der Waals surface area contributed by atoms with E-state index in [0.29, 0.717) is 0 Å². The van der Waals surface area contributed by atoms with Gasteiger partial charge in [-0.15, -0.1) is 0 Å². The van der Waals surface area contributed by atoms with Crippen molar-refractivity contribution in [2.75, 3.05) is 0 Å². The lowest BCUT2D eigenvalue weighted by Gasteiger charge is -2.16. The molecule has 2 aromatic rings. The largest absolute Gasteiger partial charge is 0.348 e. The maximum atomic E-state index is 4.93. The third-order valence-corrected chi connectivity index (χ3v) is 3.79. The summed E-state index contributed by atoms with van der Waals surface area (Å²) < 4.78 is 2.29. The summed E-state index contributed by atoms with van der Waals surface area (Å²) in [5.41, 5.74) is 5.17. The maximum Gasteiger partial charge on any atom is 0.0527 e. The van der Waals surface area contributed by atoms with Gasteiger partial charge in [0.15, 0.2) is 0 Å². The molecule has 1 aromatic heterocycles. The van der Waals surface area contributed by atoms with E-state index in [9.17, 15) is 0 Å². The van der Waals surface area contributed by atoms with Crippen molar-refractivity contribution in [1.29, 1.82) is 0 Å². The minimum absolute atomic E-state index is 0.0231. The van der Waals surface area contributed by atoms with Gasteiger partial charge in [-0.3, -0.25) is 4.99 Å². The number of benzene rings is 1. The summed E-state index contributed by atoms with van der Waals surface area (Å²) in [6, 6.07) is 9.06. The number of aryl methyl sites for hydroxylation is 2. The molecule has 0 amide bonds. The van der Waals surface area contributed by atoms with Gasteiger partial charge >= 0.3 is 0 Å². The number of aliphatic imine (C=N–C) groups is 1. The van der Waals surface area contributed by atoms with Crippen molar-refractivity contribution in [2.45, 2.75) is 59.4 Å². The Bertz CT molecular complexity index is 654. The van der Waals surface area contributed by atoms with Crippen LogP contribution in [-0.4, -0.2) is 15.8 Å². The molecule has 0 bridgehead atoms. The van der Waals surface area contributed by atoms with Gasteiger partial charge in [-0.25, -0.2) is 0 Å². The minimum atomic E-state index is -0.0231. The fourth-order valence-corrected chi connectivity index (χ4v) is 2.83. The summed E-state index contributed by atoms with van der Waals surface area (Å²) in [5.74, 6) is 0. The molecule has 0 atom stereocenters. The average Bonchev–Trinajstić information content (AvgIpc) is 2.73. The number of fused-ring (bicyclic) bond motifs is 1. The van der Waals surface area contributed by atoms with Gasteiger partial charge in [-0.2, -0.15) is 0 Å². The summed E-state index contributed by atoms with van der Waals surface area (Å²) in [4.78, 5) is 4.93. The third-order valence-electron chi connectivity index (χ3n) is 3.79. The Labute approximate surface area is 128 Å². The van der Waals surface area contributed by atoms with Gasteiger partial charge in [0.2, 0.25) is 0 Å². The summed E-state index contributed by atoms with van der Waals surface area (Å²) in [6.45, 7) is 10.9. The van der Waals surface area contributed by atoms with Crippen LogP contribution in [0, 0.1) is 0 Å². The van der Waals surface area contributed by atoms with E-state index in [2.05, 4.69) is 70.5 Å². The van der Waals surface area contributed by atoms with E-state index in [1.807, 2.05) is 0 Å². The zero-order valence-corrected chi connectivity index (χ0v) is 14.3. The summed E-state index contributed by atoms with van der Waals surface area (Å²) in [7, 11) is 2.15. The van der Waals surface area contributed by atoms with Crippen LogP contribution < -0.4 is 0 Å². The molecule has 0 unspecified atom stereocenters. The van der Waals surface area contributed by atoms with Crippen LogP contribution in [0.15, 0.2) is 29.3 Å². The number of nitrogens with zero attached hydrogens (tertiary/aromatic N) is 2. The Morgan fingerprint density at radius 3 is 2.43 bits per heavy atom. The first kappa shape index (κ1) is 15.8. The van der Waals surface area contributed by atoms with Crippen LogP contribution in [0.4, 0.5) is 0 Å². The highest BCUT2D eigenvalue weighted by Crippen LogP contribution is 2.23. The first-order valence-electron chi connectivity index (χ1n) is 8.03. The van der Waals surface area contributed by atoms with Crippen LogP contribution in [0.5, 0.6) is 0 Å². The van der Waals surface area contributed by atoms with Crippen LogP contribution in [0.25, 0.3) is 10.9 Å². The quantitative estimate of drug-likeness (QED) is 0.693. The average molecular weight is 284 g/mol. The first-order chi connectivity index (χ1) is 9.85. The second-order valence-corrected chi connectivity index (χ2v) is 6.80. The third kappa shape index (κ3) is 3.55. The van der Waals surface area contributed by atoms with Crippen LogP contribution in [0.1, 0.15) is 58.7 Å². The normalized spacial score (nSPS) is 13.1. The fourth-order valence-electron chi connectivity index (χ4n) is 2.83. The molecule has 0 N–H and O–H groups in total. The monoisotopic (exact) mass is 284 g/mol. The highest BCUT2D eigenvalue weighted by Gasteiger charge is 2.12. The molecular weight excluding hydrogens is 256 g/mol. The number of hydrogen-bond donors (Lipinski definition) is 0. The molecule has 0 fully saturated rings. The summed E-state index contributed by atoms with van der Waals surface area (Å²) in [5, 5.41) is 1.32. The molecule has 0 aliphatic carbocycles. The van der Waals surface area contributed by atoms with Gasteiger partial charge < -0.3 is 4.57 Å². The lowest BCUT2D eigenvalue weighted by Crippen LogP contribution is -2.15. The minimum Gasteiger partial charge on any atom is -0.348 e. The molecule has 1 aromatic carbocycles. The van der Waals surface area contributed by atoms with Crippen molar-refractivity contribution in [3.05, 3.63) is 35.5 Å². The van der Waals surface area contributed by atoms with Crippen molar-refractivity contribution in [3.63, 3.8) is 0 Å². The highest BCUT2D eigenvalue weighted by atomic mass is 14.9. The van der Waals surface area contributed by atoms with Gasteiger partial charge in [0.1, 0.15) is 0 Å². The smallest absolute Gasteiger partial charge is 0.0527 e. The van der Waals surface area contributed by atoms with Crippen LogP contribution >= 0.6 is 0 Å². The number of aromatic nitrogens is 1. The predicted octanol–water partition coefficient (Wildman–Crippen LogP) is 5.13. The van der Waals surface area contributed by atoms with E-state index in [1.54, 1.807) is 0 Å². The van der Waals surface area contributed by atoms with Crippen LogP contribution in [0.3, 0.4) is 0 Å². The molecule has 0 spiro atoms. The second kappa shape index (κ2) is 6.05. The van der Waals surface area contributed by atoms with E-state index < -0.39 is 0 Å². The molecule has 0 aliphatic heterocycles. The molecule has 2 nitrogen and oxygen atoms in total. The zero-order chi connectivity index (χ0) is 15.6. The van der Waals surface area contributed by atoms with Crippen LogP contribution in [0.2, 0.25) is 0 Å². The van der Waals surface area contributed by atoms with Crippen molar-refractivity contribution in [1.82, 2.24) is 4.57 Å².